The Balaban J connectivity index is 1.44. The average molecular weight is 459 g/mol. The van der Waals surface area contributed by atoms with E-state index in [4.69, 9.17) is 8.83 Å². The molecule has 4 aromatic rings. The molecule has 2 heterocycles. The standard InChI is InChI=1S/C27H25NO6/c1-15-18-12-20-17-9-5-6-10-22(17)33-24(20)14-23(18)34-27(32)19(15)13-25(29)28-21(26(30)31)11-16-7-3-2-4-8-16/h2-4,7-8,12,14,21H,5-6,9-11,13H2,1H3,(H,28,29)(H,30,31). The van der Waals surface area contributed by atoms with Crippen LogP contribution in [0.5, 0.6) is 0 Å². The maximum Gasteiger partial charge on any atom is 0.340 e. The van der Waals surface area contributed by atoms with Crippen molar-refractivity contribution in [2.45, 2.75) is 51.5 Å². The van der Waals surface area contributed by atoms with Crippen molar-refractivity contribution in [3.63, 3.8) is 0 Å². The summed E-state index contributed by atoms with van der Waals surface area (Å²) in [6.07, 6.45) is 3.96. The molecule has 1 aliphatic carbocycles. The minimum absolute atomic E-state index is 0.150. The summed E-state index contributed by atoms with van der Waals surface area (Å²) in [4.78, 5) is 37.2. The van der Waals surface area contributed by atoms with Crippen LogP contribution in [0.3, 0.4) is 0 Å². The topological polar surface area (TPSA) is 110 Å². The molecule has 7 heteroatoms. The van der Waals surface area contributed by atoms with Crippen LogP contribution in [0.1, 0.15) is 40.9 Å². The lowest BCUT2D eigenvalue weighted by Crippen LogP contribution is -2.43. The van der Waals surface area contributed by atoms with Gasteiger partial charge in [-0.25, -0.2) is 9.59 Å². The van der Waals surface area contributed by atoms with Gasteiger partial charge in [0.25, 0.3) is 0 Å². The first-order valence-corrected chi connectivity index (χ1v) is 11.5. The Hall–Kier alpha value is -3.87. The lowest BCUT2D eigenvalue weighted by Gasteiger charge is -2.15. The molecule has 0 saturated heterocycles. The number of carbonyl (C=O) groups excluding carboxylic acids is 1. The van der Waals surface area contributed by atoms with E-state index in [1.165, 1.54) is 5.56 Å². The van der Waals surface area contributed by atoms with Gasteiger partial charge in [0, 0.05) is 35.2 Å². The number of benzene rings is 2. The molecular formula is C27H25NO6. The number of carbonyl (C=O) groups is 2. The third kappa shape index (κ3) is 4.09. The molecule has 0 radical (unpaired) electrons. The van der Waals surface area contributed by atoms with Gasteiger partial charge in [0.1, 0.15) is 23.0 Å². The zero-order valence-electron chi connectivity index (χ0n) is 18.8. The molecule has 0 fully saturated rings. The number of aryl methyl sites for hydroxylation is 3. The van der Waals surface area contributed by atoms with Crippen LogP contribution in [-0.2, 0) is 35.3 Å². The highest BCUT2D eigenvalue weighted by Crippen LogP contribution is 2.35. The van der Waals surface area contributed by atoms with Gasteiger partial charge in [0.05, 0.1) is 12.0 Å². The zero-order valence-corrected chi connectivity index (χ0v) is 18.8. The van der Waals surface area contributed by atoms with Crippen LogP contribution in [0.2, 0.25) is 0 Å². The minimum atomic E-state index is -1.13. The smallest absolute Gasteiger partial charge is 0.340 e. The van der Waals surface area contributed by atoms with Gasteiger partial charge >= 0.3 is 11.6 Å². The van der Waals surface area contributed by atoms with E-state index in [-0.39, 0.29) is 18.4 Å². The SMILES string of the molecule is Cc1c(CC(=O)NC(Cc2ccccc2)C(=O)O)c(=O)oc2cc3oc4c(c3cc12)CCCC4. The summed E-state index contributed by atoms with van der Waals surface area (Å²) in [5.41, 5.74) is 3.40. The molecule has 34 heavy (non-hydrogen) atoms. The van der Waals surface area contributed by atoms with E-state index in [1.54, 1.807) is 25.1 Å². The molecule has 0 aliphatic heterocycles. The predicted molar refractivity (Wildman–Crippen MR) is 127 cm³/mol. The van der Waals surface area contributed by atoms with Crippen molar-refractivity contribution in [3.05, 3.63) is 80.9 Å². The van der Waals surface area contributed by atoms with Crippen LogP contribution in [0.4, 0.5) is 0 Å². The molecule has 5 rings (SSSR count). The quantitative estimate of drug-likeness (QED) is 0.421. The third-order valence-corrected chi connectivity index (χ3v) is 6.62. The first kappa shape index (κ1) is 21.9. The van der Waals surface area contributed by atoms with Gasteiger partial charge in [-0.1, -0.05) is 30.3 Å². The van der Waals surface area contributed by atoms with E-state index >= 15 is 0 Å². The monoisotopic (exact) mass is 459 g/mol. The Bertz CT molecular complexity index is 1460. The number of nitrogens with one attached hydrogen (secondary N) is 1. The number of hydrogen-bond donors (Lipinski definition) is 2. The Morgan fingerprint density at radius 2 is 1.76 bits per heavy atom. The van der Waals surface area contributed by atoms with Crippen molar-refractivity contribution in [2.75, 3.05) is 0 Å². The van der Waals surface area contributed by atoms with E-state index in [2.05, 4.69) is 5.32 Å². The summed E-state index contributed by atoms with van der Waals surface area (Å²) in [5, 5.41) is 13.9. The average Bonchev–Trinajstić information content (AvgIpc) is 3.18. The van der Waals surface area contributed by atoms with Crippen molar-refractivity contribution < 1.29 is 23.5 Å². The van der Waals surface area contributed by atoms with Gasteiger partial charge in [-0.15, -0.1) is 0 Å². The number of carboxylic acid groups (broad SMARTS) is 1. The summed E-state index contributed by atoms with van der Waals surface area (Å²) in [7, 11) is 0. The van der Waals surface area contributed by atoms with Crippen LogP contribution in [0, 0.1) is 6.92 Å². The number of rotatable bonds is 6. The first-order valence-electron chi connectivity index (χ1n) is 11.5. The minimum Gasteiger partial charge on any atom is -0.480 e. The molecule has 1 aliphatic rings. The Morgan fingerprint density at radius 3 is 2.53 bits per heavy atom. The van der Waals surface area contributed by atoms with Gasteiger partial charge < -0.3 is 19.3 Å². The Labute approximate surface area is 195 Å². The second-order valence-electron chi connectivity index (χ2n) is 8.87. The molecule has 2 aromatic heterocycles. The van der Waals surface area contributed by atoms with Crippen molar-refractivity contribution in [1.82, 2.24) is 5.32 Å². The second kappa shape index (κ2) is 8.82. The number of carboxylic acids is 1. The van der Waals surface area contributed by atoms with Crippen LogP contribution in [0.15, 0.2) is 56.1 Å². The Kier molecular flexibility index (Phi) is 5.69. The van der Waals surface area contributed by atoms with Crippen LogP contribution < -0.4 is 10.9 Å². The van der Waals surface area contributed by atoms with Gasteiger partial charge in [0.2, 0.25) is 5.91 Å². The highest BCUT2D eigenvalue weighted by Gasteiger charge is 2.24. The van der Waals surface area contributed by atoms with Gasteiger partial charge in [-0.2, -0.15) is 0 Å². The van der Waals surface area contributed by atoms with Gasteiger partial charge in [0.15, 0.2) is 0 Å². The van der Waals surface area contributed by atoms with E-state index in [0.717, 1.165) is 47.8 Å². The summed E-state index contributed by atoms with van der Waals surface area (Å²) in [6.45, 7) is 1.79. The van der Waals surface area contributed by atoms with E-state index in [0.29, 0.717) is 16.7 Å². The zero-order chi connectivity index (χ0) is 23.8. The molecule has 7 nitrogen and oxygen atoms in total. The second-order valence-corrected chi connectivity index (χ2v) is 8.87. The van der Waals surface area contributed by atoms with Crippen LogP contribution in [0.25, 0.3) is 21.9 Å². The van der Waals surface area contributed by atoms with E-state index in [1.807, 2.05) is 24.3 Å². The summed E-state index contributed by atoms with van der Waals surface area (Å²) >= 11 is 0. The lowest BCUT2D eigenvalue weighted by molar-refractivity contribution is -0.141. The van der Waals surface area contributed by atoms with Crippen molar-refractivity contribution >= 4 is 33.8 Å². The van der Waals surface area contributed by atoms with Crippen molar-refractivity contribution in [2.24, 2.45) is 0 Å². The number of fused-ring (bicyclic) bond motifs is 4. The number of aliphatic carboxylic acids is 1. The summed E-state index contributed by atoms with van der Waals surface area (Å²) < 4.78 is 11.6. The van der Waals surface area contributed by atoms with Gasteiger partial charge in [-0.05, 0) is 43.4 Å². The largest absolute Gasteiger partial charge is 0.480 e. The van der Waals surface area contributed by atoms with E-state index < -0.39 is 23.5 Å². The fourth-order valence-electron chi connectivity index (χ4n) is 4.80. The molecule has 2 N–H and O–H groups in total. The fourth-order valence-corrected chi connectivity index (χ4v) is 4.80. The molecule has 1 unspecified atom stereocenters. The Morgan fingerprint density at radius 1 is 1.03 bits per heavy atom. The van der Waals surface area contributed by atoms with Crippen LogP contribution in [-0.4, -0.2) is 23.0 Å². The maximum absolute atomic E-state index is 12.8. The predicted octanol–water partition coefficient (Wildman–Crippen LogP) is 4.08. The van der Waals surface area contributed by atoms with Gasteiger partial charge in [-0.3, -0.25) is 4.79 Å². The summed E-state index contributed by atoms with van der Waals surface area (Å²) in [6, 6.07) is 11.7. The normalized spacial score (nSPS) is 14.1. The van der Waals surface area contributed by atoms with Crippen LogP contribution >= 0.6 is 0 Å². The van der Waals surface area contributed by atoms with E-state index in [9.17, 15) is 19.5 Å². The first-order chi connectivity index (χ1) is 16.4. The number of hydrogen-bond acceptors (Lipinski definition) is 5. The summed E-state index contributed by atoms with van der Waals surface area (Å²) in [5.74, 6) is -0.680. The molecule has 1 atom stereocenters. The highest BCUT2D eigenvalue weighted by atomic mass is 16.4. The van der Waals surface area contributed by atoms with Crippen molar-refractivity contribution in [1.29, 1.82) is 0 Å². The lowest BCUT2D eigenvalue weighted by atomic mass is 9.94. The number of furan rings is 1. The molecule has 0 saturated carbocycles. The third-order valence-electron chi connectivity index (χ3n) is 6.62. The molecular weight excluding hydrogens is 434 g/mol. The fraction of sp³-hybridized carbons (Fsp3) is 0.296. The maximum atomic E-state index is 12.8. The molecule has 174 valence electrons. The molecule has 1 amide bonds. The molecule has 0 bridgehead atoms. The molecule has 0 spiro atoms. The van der Waals surface area contributed by atoms with Crippen molar-refractivity contribution in [3.8, 4) is 0 Å². The number of amides is 1. The molecule has 2 aromatic carbocycles. The highest BCUT2D eigenvalue weighted by molar-refractivity contribution is 5.97.